The van der Waals surface area contributed by atoms with Crippen LogP contribution in [-0.4, -0.2) is 27.3 Å². The first-order valence-corrected chi connectivity index (χ1v) is 22.5. The van der Waals surface area contributed by atoms with Crippen molar-refractivity contribution in [2.24, 2.45) is 22.7 Å². The molecule has 0 radical (unpaired) electrons. The molecule has 0 bridgehead atoms. The fourth-order valence-corrected chi connectivity index (χ4v) is 10.9. The maximum Gasteiger partial charge on any atom is 0.130 e. The van der Waals surface area contributed by atoms with Crippen LogP contribution in [0.25, 0.3) is 60.5 Å². The van der Waals surface area contributed by atoms with Crippen LogP contribution < -0.4 is 10.6 Å². The summed E-state index contributed by atoms with van der Waals surface area (Å²) >= 11 is 0. The standard InChI is InChI=1S/C58H49N5/c1-38-19-16-24-41(37-38)56-59-57(48-31-17-29-42(39-20-4-2-5-21-39)54(48)62-50-33-12-8-25-44(50)45-26-9-13-34-51(45)62)61-58(60-56)49-32-18-30-43(40-22-6-3-7-23-40)55(49)63-52-35-14-10-27-46(52)47-28-11-15-36-53(47)63/h2-18,20-31,33-38,48-49,54,57-58,61H,19,32H2,1H3,(H,59,60). The molecule has 6 unspecified atom stereocenters. The SMILES string of the molecule is CC1C=C(C2=NC(C3C=CC=C(c4ccccc4)C3n3c4ccccc4c4ccccc43)NC(C3CC=CC(c4ccccc4)=C3n3c4ccccc4c4ccccc43)N2)C=CC1. The topological polar surface area (TPSA) is 46.3 Å². The highest BCUT2D eigenvalue weighted by Gasteiger charge is 2.42. The fraction of sp³-hybridized carbons (Fsp3) is 0.155. The Labute approximate surface area is 368 Å². The first kappa shape index (κ1) is 37.5. The number of allylic oxidation sites excluding steroid dienone is 8. The van der Waals surface area contributed by atoms with Gasteiger partial charge in [-0.15, -0.1) is 0 Å². The number of hydrogen-bond donors (Lipinski definition) is 2. The minimum absolute atomic E-state index is 0.0337. The number of nitrogens with zero attached hydrogens (tertiary/aromatic N) is 3. The fourth-order valence-electron chi connectivity index (χ4n) is 10.9. The van der Waals surface area contributed by atoms with Crippen molar-refractivity contribution in [3.8, 4) is 0 Å². The number of fused-ring (bicyclic) bond motifs is 6. The van der Waals surface area contributed by atoms with Crippen LogP contribution in [0.3, 0.4) is 0 Å². The Morgan fingerprint density at radius 1 is 0.587 bits per heavy atom. The molecule has 2 N–H and O–H groups in total. The average molecular weight is 816 g/mol. The normalized spacial score (nSPS) is 23.6. The molecule has 6 atom stereocenters. The summed E-state index contributed by atoms with van der Waals surface area (Å²) in [5.41, 5.74) is 12.3. The van der Waals surface area contributed by atoms with Gasteiger partial charge in [-0.1, -0.05) is 189 Å². The molecule has 5 heteroatoms. The third kappa shape index (κ3) is 6.37. The molecule has 4 aliphatic rings. The predicted molar refractivity (Wildman–Crippen MR) is 264 cm³/mol. The first-order chi connectivity index (χ1) is 31.2. The molecule has 3 heterocycles. The minimum atomic E-state index is -0.267. The Balaban J connectivity index is 1.06. The van der Waals surface area contributed by atoms with Crippen molar-refractivity contribution in [1.29, 1.82) is 0 Å². The van der Waals surface area contributed by atoms with Gasteiger partial charge in [0.15, 0.2) is 0 Å². The molecule has 2 aromatic heterocycles. The Bertz CT molecular complexity index is 3170. The third-order valence-electron chi connectivity index (χ3n) is 13.7. The molecule has 0 amide bonds. The van der Waals surface area contributed by atoms with Crippen molar-refractivity contribution in [2.75, 3.05) is 0 Å². The van der Waals surface area contributed by atoms with Crippen LogP contribution in [0.15, 0.2) is 217 Å². The molecular formula is C58H49N5. The van der Waals surface area contributed by atoms with E-state index in [4.69, 9.17) is 4.99 Å². The van der Waals surface area contributed by atoms with Crippen molar-refractivity contribution in [3.05, 3.63) is 223 Å². The van der Waals surface area contributed by atoms with Crippen molar-refractivity contribution in [3.63, 3.8) is 0 Å². The van der Waals surface area contributed by atoms with Gasteiger partial charge in [-0.2, -0.15) is 0 Å². The van der Waals surface area contributed by atoms with Crippen LogP contribution in [0.1, 0.15) is 36.9 Å². The zero-order chi connectivity index (χ0) is 41.9. The van der Waals surface area contributed by atoms with Crippen molar-refractivity contribution < 1.29 is 0 Å². The predicted octanol–water partition coefficient (Wildman–Crippen LogP) is 13.1. The van der Waals surface area contributed by atoms with Gasteiger partial charge in [-0.3, -0.25) is 5.32 Å². The summed E-state index contributed by atoms with van der Waals surface area (Å²) in [4.78, 5) is 5.76. The number of hydrogen-bond acceptors (Lipinski definition) is 3. The molecule has 1 aliphatic heterocycles. The van der Waals surface area contributed by atoms with Crippen molar-refractivity contribution in [2.45, 2.75) is 38.1 Å². The summed E-state index contributed by atoms with van der Waals surface area (Å²) in [6.45, 7) is 2.31. The Kier molecular flexibility index (Phi) is 9.30. The van der Waals surface area contributed by atoms with Gasteiger partial charge in [-0.25, -0.2) is 4.99 Å². The van der Waals surface area contributed by atoms with Gasteiger partial charge >= 0.3 is 0 Å². The monoisotopic (exact) mass is 815 g/mol. The van der Waals surface area contributed by atoms with E-state index < -0.39 is 0 Å². The quantitative estimate of drug-likeness (QED) is 0.168. The average Bonchev–Trinajstić information content (AvgIpc) is 3.87. The van der Waals surface area contributed by atoms with Gasteiger partial charge in [-0.05, 0) is 59.7 Å². The minimum Gasteiger partial charge on any atom is -0.354 e. The van der Waals surface area contributed by atoms with Crippen LogP contribution >= 0.6 is 0 Å². The Hall–Kier alpha value is -7.21. The maximum absolute atomic E-state index is 5.76. The molecular weight excluding hydrogens is 767 g/mol. The van der Waals surface area contributed by atoms with Crippen LogP contribution in [0, 0.1) is 17.8 Å². The van der Waals surface area contributed by atoms with E-state index in [9.17, 15) is 0 Å². The number of rotatable bonds is 7. The number of benzene rings is 6. The second-order valence-electron chi connectivity index (χ2n) is 17.5. The molecule has 0 saturated heterocycles. The Morgan fingerprint density at radius 2 is 1.14 bits per heavy atom. The van der Waals surface area contributed by atoms with Gasteiger partial charge in [0.05, 0.1) is 23.2 Å². The number of aliphatic imine (C=N–C) groups is 1. The third-order valence-corrected chi connectivity index (χ3v) is 13.7. The second kappa shape index (κ2) is 15.6. The molecule has 12 rings (SSSR count). The first-order valence-electron chi connectivity index (χ1n) is 22.5. The molecule has 0 fully saturated rings. The highest BCUT2D eigenvalue weighted by Crippen LogP contribution is 2.47. The van der Waals surface area contributed by atoms with E-state index in [1.807, 2.05) is 0 Å². The molecule has 0 spiro atoms. The zero-order valence-electron chi connectivity index (χ0n) is 35.3. The summed E-state index contributed by atoms with van der Waals surface area (Å²) in [6.07, 6.45) is 20.2. The molecule has 8 aromatic rings. The van der Waals surface area contributed by atoms with Crippen molar-refractivity contribution in [1.82, 2.24) is 19.8 Å². The van der Waals surface area contributed by atoms with E-state index in [0.29, 0.717) is 5.92 Å². The lowest BCUT2D eigenvalue weighted by Crippen LogP contribution is -2.60. The summed E-state index contributed by atoms with van der Waals surface area (Å²) in [5, 5.41) is 13.4. The molecule has 0 saturated carbocycles. The van der Waals surface area contributed by atoms with E-state index >= 15 is 0 Å². The van der Waals surface area contributed by atoms with E-state index in [1.165, 1.54) is 71.6 Å². The summed E-state index contributed by atoms with van der Waals surface area (Å²) in [5.74, 6) is 1.37. The van der Waals surface area contributed by atoms with Crippen LogP contribution in [0.4, 0.5) is 0 Å². The highest BCUT2D eigenvalue weighted by molar-refractivity contribution is 6.12. The lowest BCUT2D eigenvalue weighted by Gasteiger charge is -2.43. The smallest absolute Gasteiger partial charge is 0.130 e. The molecule has 5 nitrogen and oxygen atoms in total. The summed E-state index contributed by atoms with van der Waals surface area (Å²) in [6, 6.07) is 57.5. The number of amidine groups is 1. The van der Waals surface area contributed by atoms with Gasteiger partial charge in [0, 0.05) is 61.3 Å². The van der Waals surface area contributed by atoms with Gasteiger partial charge in [0.2, 0.25) is 0 Å². The number of para-hydroxylation sites is 4. The maximum atomic E-state index is 5.76. The van der Waals surface area contributed by atoms with Gasteiger partial charge in [0.1, 0.15) is 12.0 Å². The Morgan fingerprint density at radius 3 is 1.78 bits per heavy atom. The van der Waals surface area contributed by atoms with E-state index in [0.717, 1.165) is 24.3 Å². The summed E-state index contributed by atoms with van der Waals surface area (Å²) in [7, 11) is 0. The van der Waals surface area contributed by atoms with E-state index in [2.05, 4.69) is 233 Å². The number of aromatic nitrogens is 2. The second-order valence-corrected chi connectivity index (χ2v) is 17.5. The number of nitrogens with one attached hydrogen (secondary N) is 2. The molecule has 6 aromatic carbocycles. The highest BCUT2D eigenvalue weighted by atomic mass is 15.3. The largest absolute Gasteiger partial charge is 0.354 e. The molecule has 63 heavy (non-hydrogen) atoms. The summed E-state index contributed by atoms with van der Waals surface area (Å²) < 4.78 is 5.16. The molecule has 306 valence electrons. The van der Waals surface area contributed by atoms with Gasteiger partial charge < -0.3 is 14.5 Å². The van der Waals surface area contributed by atoms with Crippen LogP contribution in [0.2, 0.25) is 0 Å². The van der Waals surface area contributed by atoms with Crippen molar-refractivity contribution >= 4 is 66.3 Å². The lowest BCUT2D eigenvalue weighted by molar-refractivity contribution is 0.267. The van der Waals surface area contributed by atoms with Gasteiger partial charge in [0.25, 0.3) is 0 Å². The van der Waals surface area contributed by atoms with Crippen LogP contribution in [-0.2, 0) is 0 Å². The van der Waals surface area contributed by atoms with E-state index in [1.54, 1.807) is 0 Å². The van der Waals surface area contributed by atoms with Crippen LogP contribution in [0.5, 0.6) is 0 Å². The van der Waals surface area contributed by atoms with E-state index in [-0.39, 0.29) is 30.2 Å². The zero-order valence-corrected chi connectivity index (χ0v) is 35.3. The molecule has 3 aliphatic carbocycles. The lowest BCUT2D eigenvalue weighted by atomic mass is 9.81.